The maximum Gasteiger partial charge on any atom is 0.0727 e. The highest BCUT2D eigenvalue weighted by Gasteiger charge is 2.55. The van der Waals surface area contributed by atoms with Gasteiger partial charge in [0.2, 0.25) is 0 Å². The third-order valence-electron chi connectivity index (χ3n) is 9.65. The van der Waals surface area contributed by atoms with E-state index in [1.54, 1.807) is 0 Å². The van der Waals surface area contributed by atoms with Crippen LogP contribution in [0.2, 0.25) is 0 Å². The highest BCUT2D eigenvalue weighted by atomic mass is 16.3. The summed E-state index contributed by atoms with van der Waals surface area (Å²) in [5.41, 5.74) is 13.9. The van der Waals surface area contributed by atoms with Crippen molar-refractivity contribution in [3.63, 3.8) is 0 Å². The van der Waals surface area contributed by atoms with Crippen LogP contribution in [0.3, 0.4) is 0 Å². The van der Waals surface area contributed by atoms with Gasteiger partial charge in [-0.05, 0) is 74.5 Å². The SMILES string of the molecule is CCCCC(C)CC(O)CC(CCCC)(C1CCC(C)CC1)C(N)(N)C1CCC(C)CC1. The lowest BCUT2D eigenvalue weighted by Gasteiger charge is -2.57. The molecule has 190 valence electrons. The Labute approximate surface area is 200 Å². The van der Waals surface area contributed by atoms with Crippen LogP contribution in [-0.4, -0.2) is 16.9 Å². The molecule has 3 atom stereocenters. The normalized spacial score (nSPS) is 31.1. The van der Waals surface area contributed by atoms with Crippen LogP contribution >= 0.6 is 0 Å². The Morgan fingerprint density at radius 3 is 1.81 bits per heavy atom. The first-order chi connectivity index (χ1) is 15.2. The third-order valence-corrected chi connectivity index (χ3v) is 9.65. The highest BCUT2D eigenvalue weighted by Crippen LogP contribution is 2.55. The Morgan fingerprint density at radius 2 is 1.31 bits per heavy atom. The molecule has 3 heteroatoms. The van der Waals surface area contributed by atoms with Crippen LogP contribution in [-0.2, 0) is 0 Å². The molecule has 0 bridgehead atoms. The van der Waals surface area contributed by atoms with Gasteiger partial charge in [0.1, 0.15) is 0 Å². The minimum Gasteiger partial charge on any atom is -0.393 e. The molecule has 0 amide bonds. The Balaban J connectivity index is 2.32. The molecule has 0 aromatic rings. The number of unbranched alkanes of at least 4 members (excludes halogenated alkanes) is 2. The van der Waals surface area contributed by atoms with Crippen LogP contribution in [0.5, 0.6) is 0 Å². The maximum atomic E-state index is 11.4. The first-order valence-electron chi connectivity index (χ1n) is 14.4. The molecule has 3 nitrogen and oxygen atoms in total. The quantitative estimate of drug-likeness (QED) is 0.256. The summed E-state index contributed by atoms with van der Waals surface area (Å²) in [5, 5.41) is 11.4. The van der Waals surface area contributed by atoms with Gasteiger partial charge < -0.3 is 16.6 Å². The molecule has 0 radical (unpaired) electrons. The Morgan fingerprint density at radius 1 is 0.812 bits per heavy atom. The standard InChI is InChI=1S/C29H58N2O/c1-6-8-10-24(5)20-27(32)21-28(19-9-7-2,25-15-11-22(3)12-16-25)29(30,31)26-17-13-23(4)14-18-26/h22-27,32H,6-21,30-31H2,1-5H3. The van der Waals surface area contributed by atoms with Gasteiger partial charge in [-0.2, -0.15) is 0 Å². The van der Waals surface area contributed by atoms with Crippen LogP contribution in [0.15, 0.2) is 0 Å². The summed E-state index contributed by atoms with van der Waals surface area (Å²) >= 11 is 0. The number of nitrogens with two attached hydrogens (primary N) is 2. The van der Waals surface area contributed by atoms with E-state index >= 15 is 0 Å². The highest BCUT2D eigenvalue weighted by molar-refractivity contribution is 5.07. The van der Waals surface area contributed by atoms with E-state index in [0.717, 1.165) is 43.9 Å². The van der Waals surface area contributed by atoms with E-state index in [0.29, 0.717) is 17.8 Å². The molecule has 0 spiro atoms. The Bertz CT molecular complexity index is 505. The van der Waals surface area contributed by atoms with Crippen LogP contribution < -0.4 is 11.5 Å². The first-order valence-corrected chi connectivity index (χ1v) is 14.4. The van der Waals surface area contributed by atoms with E-state index in [1.807, 2.05) is 0 Å². The summed E-state index contributed by atoms with van der Waals surface area (Å²) in [6.07, 6.45) is 18.4. The second-order valence-corrected chi connectivity index (χ2v) is 12.4. The molecule has 2 aliphatic rings. The lowest BCUT2D eigenvalue weighted by molar-refractivity contribution is -0.0725. The number of hydrogen-bond donors (Lipinski definition) is 3. The zero-order chi connectivity index (χ0) is 23.8. The summed E-state index contributed by atoms with van der Waals surface area (Å²) in [7, 11) is 0. The maximum absolute atomic E-state index is 11.4. The van der Waals surface area contributed by atoms with E-state index in [4.69, 9.17) is 11.5 Å². The van der Waals surface area contributed by atoms with E-state index < -0.39 is 5.66 Å². The predicted octanol–water partition coefficient (Wildman–Crippen LogP) is 7.40. The average molecular weight is 451 g/mol. The number of aliphatic hydroxyl groups is 1. The Kier molecular flexibility index (Phi) is 11.5. The summed E-state index contributed by atoms with van der Waals surface area (Å²) in [6.45, 7) is 11.6. The fourth-order valence-corrected chi connectivity index (χ4v) is 7.31. The smallest absolute Gasteiger partial charge is 0.0727 e. The van der Waals surface area contributed by atoms with Crippen molar-refractivity contribution >= 4 is 0 Å². The summed E-state index contributed by atoms with van der Waals surface area (Å²) in [4.78, 5) is 0. The molecule has 0 aromatic carbocycles. The molecule has 32 heavy (non-hydrogen) atoms. The van der Waals surface area contributed by atoms with Crippen molar-refractivity contribution in [3.8, 4) is 0 Å². The zero-order valence-corrected chi connectivity index (χ0v) is 22.4. The van der Waals surface area contributed by atoms with Crippen molar-refractivity contribution in [1.29, 1.82) is 0 Å². The van der Waals surface area contributed by atoms with Crippen LogP contribution in [0, 0.1) is 35.0 Å². The van der Waals surface area contributed by atoms with E-state index in [9.17, 15) is 5.11 Å². The van der Waals surface area contributed by atoms with Gasteiger partial charge in [0.25, 0.3) is 0 Å². The van der Waals surface area contributed by atoms with Gasteiger partial charge in [-0.1, -0.05) is 92.4 Å². The molecule has 0 heterocycles. The molecule has 5 N–H and O–H groups in total. The van der Waals surface area contributed by atoms with Crippen LogP contribution in [0.1, 0.15) is 137 Å². The molecule has 2 fully saturated rings. The fourth-order valence-electron chi connectivity index (χ4n) is 7.31. The van der Waals surface area contributed by atoms with E-state index in [1.165, 1.54) is 70.6 Å². The molecule has 3 unspecified atom stereocenters. The van der Waals surface area contributed by atoms with Gasteiger partial charge in [-0.3, -0.25) is 0 Å². The van der Waals surface area contributed by atoms with Crippen molar-refractivity contribution in [2.75, 3.05) is 0 Å². The number of aliphatic hydroxyl groups excluding tert-OH is 1. The molecular weight excluding hydrogens is 392 g/mol. The fraction of sp³-hybridized carbons (Fsp3) is 1.00. The predicted molar refractivity (Wildman–Crippen MR) is 139 cm³/mol. The minimum atomic E-state index is -0.679. The van der Waals surface area contributed by atoms with E-state index in [2.05, 4.69) is 34.6 Å². The van der Waals surface area contributed by atoms with Gasteiger partial charge in [-0.25, -0.2) is 0 Å². The van der Waals surface area contributed by atoms with Crippen LogP contribution in [0.4, 0.5) is 0 Å². The average Bonchev–Trinajstić information content (AvgIpc) is 2.76. The van der Waals surface area contributed by atoms with Crippen molar-refractivity contribution in [3.05, 3.63) is 0 Å². The molecule has 0 aliphatic heterocycles. The summed E-state index contributed by atoms with van der Waals surface area (Å²) in [6, 6.07) is 0. The minimum absolute atomic E-state index is 0.141. The van der Waals surface area contributed by atoms with Crippen molar-refractivity contribution in [2.45, 2.75) is 149 Å². The summed E-state index contributed by atoms with van der Waals surface area (Å²) < 4.78 is 0. The molecule has 2 rings (SSSR count). The largest absolute Gasteiger partial charge is 0.393 e. The lowest BCUT2D eigenvalue weighted by atomic mass is 9.52. The van der Waals surface area contributed by atoms with Gasteiger partial charge in [0.15, 0.2) is 0 Å². The van der Waals surface area contributed by atoms with Gasteiger partial charge in [-0.15, -0.1) is 0 Å². The summed E-state index contributed by atoms with van der Waals surface area (Å²) in [5.74, 6) is 3.13. The van der Waals surface area contributed by atoms with Crippen molar-refractivity contribution < 1.29 is 5.11 Å². The van der Waals surface area contributed by atoms with Gasteiger partial charge >= 0.3 is 0 Å². The monoisotopic (exact) mass is 450 g/mol. The zero-order valence-electron chi connectivity index (χ0n) is 22.4. The molecular formula is C29H58N2O. The van der Waals surface area contributed by atoms with Crippen molar-refractivity contribution in [2.24, 2.45) is 46.5 Å². The Hall–Kier alpha value is -0.120. The van der Waals surface area contributed by atoms with E-state index in [-0.39, 0.29) is 11.5 Å². The second-order valence-electron chi connectivity index (χ2n) is 12.4. The number of rotatable bonds is 13. The third kappa shape index (κ3) is 7.19. The second kappa shape index (κ2) is 13.1. The first kappa shape index (κ1) is 28.1. The van der Waals surface area contributed by atoms with Gasteiger partial charge in [0, 0.05) is 5.41 Å². The lowest BCUT2D eigenvalue weighted by Crippen LogP contribution is -2.70. The van der Waals surface area contributed by atoms with Crippen LogP contribution in [0.25, 0.3) is 0 Å². The molecule has 0 aromatic heterocycles. The topological polar surface area (TPSA) is 72.3 Å². The number of hydrogen-bond acceptors (Lipinski definition) is 3. The molecule has 2 aliphatic carbocycles. The van der Waals surface area contributed by atoms with Gasteiger partial charge in [0.05, 0.1) is 11.8 Å². The molecule has 0 saturated heterocycles. The van der Waals surface area contributed by atoms with Crippen molar-refractivity contribution in [1.82, 2.24) is 0 Å². The molecule has 2 saturated carbocycles.